The molecule has 0 saturated carbocycles. The van der Waals surface area contributed by atoms with E-state index in [2.05, 4.69) is 32.2 Å². The van der Waals surface area contributed by atoms with Crippen LogP contribution in [-0.4, -0.2) is 18.1 Å². The summed E-state index contributed by atoms with van der Waals surface area (Å²) in [6, 6.07) is 13.9. The molecule has 3 N–H and O–H groups in total. The van der Waals surface area contributed by atoms with Gasteiger partial charge in [-0.2, -0.15) is 0 Å². The van der Waals surface area contributed by atoms with E-state index in [1.54, 1.807) is 18.2 Å². The highest BCUT2D eigenvalue weighted by molar-refractivity contribution is 6.34. The zero-order chi connectivity index (χ0) is 18.9. The number of ketones is 2. The second-order valence-electron chi connectivity index (χ2n) is 7.15. The summed E-state index contributed by atoms with van der Waals surface area (Å²) in [5.41, 5.74) is 7.34. The summed E-state index contributed by atoms with van der Waals surface area (Å²) in [5, 5.41) is 3.25. The zero-order valence-electron chi connectivity index (χ0n) is 15.6. The number of unbranched alkanes of at least 4 members (excludes halogenated alkanes) is 1. The Bertz CT molecular complexity index is 840. The molecule has 2 aromatic carbocycles. The molecule has 135 valence electrons. The van der Waals surface area contributed by atoms with Crippen molar-refractivity contribution in [2.24, 2.45) is 0 Å². The molecule has 1 unspecified atom stereocenters. The third-order valence-electron chi connectivity index (χ3n) is 5.08. The van der Waals surface area contributed by atoms with Gasteiger partial charge in [0.15, 0.2) is 17.1 Å². The topological polar surface area (TPSA) is 72.2 Å². The molecular weight excluding hydrogens is 324 g/mol. The van der Waals surface area contributed by atoms with E-state index in [9.17, 15) is 9.59 Å². The molecule has 1 atom stereocenters. The first-order chi connectivity index (χ1) is 12.4. The van der Waals surface area contributed by atoms with Crippen LogP contribution in [0.2, 0.25) is 0 Å². The highest BCUT2D eigenvalue weighted by atomic mass is 16.2. The maximum Gasteiger partial charge on any atom is 0.198 e. The molecule has 2 aromatic rings. The van der Waals surface area contributed by atoms with Gasteiger partial charge in [0.2, 0.25) is 0 Å². The van der Waals surface area contributed by atoms with E-state index in [-0.39, 0.29) is 11.6 Å². The van der Waals surface area contributed by atoms with E-state index in [0.717, 1.165) is 18.4 Å². The first kappa shape index (κ1) is 18.3. The van der Waals surface area contributed by atoms with Crippen molar-refractivity contribution in [1.82, 2.24) is 5.32 Å². The number of Topliss-reactive ketones (excluding diaryl/α,β-unsaturated/α-hetero) is 2. The Morgan fingerprint density at radius 3 is 2.50 bits per heavy atom. The maximum absolute atomic E-state index is 13.4. The quantitative estimate of drug-likeness (QED) is 0.472. The average molecular weight is 349 g/mol. The molecule has 0 aliphatic heterocycles. The molecule has 1 aliphatic rings. The lowest BCUT2D eigenvalue weighted by molar-refractivity contribution is 0.0754. The Hall–Kier alpha value is -2.46. The van der Waals surface area contributed by atoms with Gasteiger partial charge in [-0.1, -0.05) is 57.5 Å². The zero-order valence-corrected chi connectivity index (χ0v) is 15.6. The van der Waals surface area contributed by atoms with E-state index in [1.165, 1.54) is 0 Å². The number of carbonyl (C=O) groups is 2. The van der Waals surface area contributed by atoms with Gasteiger partial charge < -0.3 is 5.73 Å². The molecule has 0 heterocycles. The molecule has 0 bridgehead atoms. The van der Waals surface area contributed by atoms with Crippen molar-refractivity contribution in [3.8, 4) is 0 Å². The minimum atomic E-state index is -1.43. The predicted molar refractivity (Wildman–Crippen MR) is 103 cm³/mol. The lowest BCUT2D eigenvalue weighted by Gasteiger charge is -2.28. The number of fused-ring (bicyclic) bond motifs is 1. The summed E-state index contributed by atoms with van der Waals surface area (Å²) in [5.74, 6) is -0.165. The van der Waals surface area contributed by atoms with Gasteiger partial charge in [-0.25, -0.2) is 0 Å². The summed E-state index contributed by atoms with van der Waals surface area (Å²) >= 11 is 0. The van der Waals surface area contributed by atoms with E-state index in [4.69, 9.17) is 5.73 Å². The van der Waals surface area contributed by atoms with Gasteiger partial charge in [0.05, 0.1) is 5.56 Å². The number of hydrogen-bond donors (Lipinski definition) is 2. The van der Waals surface area contributed by atoms with Gasteiger partial charge in [-0.05, 0) is 42.1 Å². The number of rotatable bonds is 6. The summed E-state index contributed by atoms with van der Waals surface area (Å²) in [7, 11) is 0. The van der Waals surface area contributed by atoms with Gasteiger partial charge in [0, 0.05) is 11.3 Å². The van der Waals surface area contributed by atoms with Gasteiger partial charge in [0.1, 0.15) is 0 Å². The van der Waals surface area contributed by atoms with Gasteiger partial charge >= 0.3 is 0 Å². The molecule has 26 heavy (non-hydrogen) atoms. The molecular formula is C22H25N2O2. The van der Waals surface area contributed by atoms with Crippen LogP contribution >= 0.6 is 0 Å². The van der Waals surface area contributed by atoms with Crippen molar-refractivity contribution in [3.63, 3.8) is 0 Å². The monoisotopic (exact) mass is 349 g/mol. The van der Waals surface area contributed by atoms with Crippen LogP contribution in [0.5, 0.6) is 0 Å². The molecule has 1 radical (unpaired) electrons. The first-order valence-electron chi connectivity index (χ1n) is 9.18. The summed E-state index contributed by atoms with van der Waals surface area (Å²) in [6.07, 6.45) is 1.84. The molecule has 0 aromatic heterocycles. The van der Waals surface area contributed by atoms with Crippen molar-refractivity contribution in [3.05, 3.63) is 64.7 Å². The summed E-state index contributed by atoms with van der Waals surface area (Å²) in [6.45, 7) is 6.84. The Balaban J connectivity index is 2.13. The standard InChI is InChI=1S/C22H25N2O2/c1-4-5-13-24-22(16-11-9-15(10-12-16)14(2)3)20(25)17-7-6-8-18(23)19(17)21(22)26/h6-11,14,24H,4-5,13,23H2,1-3H3. The fraction of sp³-hybridized carbons (Fsp3) is 0.364. The number of nitrogens with two attached hydrogens (primary N) is 1. The molecule has 4 heteroatoms. The van der Waals surface area contributed by atoms with Crippen LogP contribution in [-0.2, 0) is 5.54 Å². The molecule has 0 saturated heterocycles. The van der Waals surface area contributed by atoms with Crippen LogP contribution in [0, 0.1) is 6.07 Å². The predicted octanol–water partition coefficient (Wildman–Crippen LogP) is 3.86. The summed E-state index contributed by atoms with van der Waals surface area (Å²) < 4.78 is 0. The van der Waals surface area contributed by atoms with Crippen LogP contribution in [0.3, 0.4) is 0 Å². The molecule has 1 aliphatic carbocycles. The fourth-order valence-corrected chi connectivity index (χ4v) is 3.49. The Kier molecular flexibility index (Phi) is 4.97. The highest BCUT2D eigenvalue weighted by Gasteiger charge is 2.54. The van der Waals surface area contributed by atoms with E-state index in [0.29, 0.717) is 34.8 Å². The van der Waals surface area contributed by atoms with E-state index >= 15 is 0 Å². The molecule has 0 spiro atoms. The number of benzene rings is 2. The van der Waals surface area contributed by atoms with Crippen molar-refractivity contribution in [2.75, 3.05) is 12.3 Å². The smallest absolute Gasteiger partial charge is 0.198 e. The summed E-state index contributed by atoms with van der Waals surface area (Å²) in [4.78, 5) is 26.7. The number of nitrogen functional groups attached to an aromatic ring is 1. The maximum atomic E-state index is 13.4. The van der Waals surface area contributed by atoms with Gasteiger partial charge in [0.25, 0.3) is 0 Å². The Morgan fingerprint density at radius 1 is 1.15 bits per heavy atom. The fourth-order valence-electron chi connectivity index (χ4n) is 3.49. The number of carbonyl (C=O) groups excluding carboxylic acids is 2. The van der Waals surface area contributed by atoms with Gasteiger partial charge in [-0.15, -0.1) is 0 Å². The number of nitrogens with one attached hydrogen (secondary N) is 1. The Labute approximate surface area is 154 Å². The van der Waals surface area contributed by atoms with Crippen LogP contribution in [0.25, 0.3) is 0 Å². The van der Waals surface area contributed by atoms with Crippen molar-refractivity contribution in [1.29, 1.82) is 0 Å². The van der Waals surface area contributed by atoms with Crippen LogP contribution in [0.1, 0.15) is 71.4 Å². The van der Waals surface area contributed by atoms with Crippen molar-refractivity contribution >= 4 is 17.3 Å². The average Bonchev–Trinajstić information content (AvgIpc) is 2.85. The van der Waals surface area contributed by atoms with Gasteiger partial charge in [-0.3, -0.25) is 14.9 Å². The van der Waals surface area contributed by atoms with Crippen LogP contribution in [0.4, 0.5) is 5.69 Å². The second kappa shape index (κ2) is 7.04. The lowest BCUT2D eigenvalue weighted by atomic mass is 9.83. The Morgan fingerprint density at radius 2 is 1.92 bits per heavy atom. The number of hydrogen-bond acceptors (Lipinski definition) is 4. The minimum Gasteiger partial charge on any atom is -0.398 e. The lowest BCUT2D eigenvalue weighted by Crippen LogP contribution is -2.52. The van der Waals surface area contributed by atoms with Crippen LogP contribution < -0.4 is 11.1 Å². The largest absolute Gasteiger partial charge is 0.398 e. The second-order valence-corrected chi connectivity index (χ2v) is 7.15. The molecule has 3 rings (SSSR count). The van der Waals surface area contributed by atoms with E-state index < -0.39 is 5.54 Å². The SMILES string of the molecule is CCCCNC1(c2[c]cc(C(C)C)cc2)C(=O)c2cccc(N)c2C1=O. The third kappa shape index (κ3) is 2.74. The first-order valence-corrected chi connectivity index (χ1v) is 9.18. The highest BCUT2D eigenvalue weighted by Crippen LogP contribution is 2.40. The molecule has 4 nitrogen and oxygen atoms in total. The van der Waals surface area contributed by atoms with Crippen molar-refractivity contribution < 1.29 is 9.59 Å². The normalized spacial score (nSPS) is 19.2. The molecule has 0 amide bonds. The number of anilines is 1. The molecule has 0 fully saturated rings. The third-order valence-corrected chi connectivity index (χ3v) is 5.08. The minimum absolute atomic E-state index is 0.241. The van der Waals surface area contributed by atoms with Crippen molar-refractivity contribution in [2.45, 2.75) is 45.1 Å². The van der Waals surface area contributed by atoms with Crippen LogP contribution in [0.15, 0.2) is 36.4 Å². The van der Waals surface area contributed by atoms with E-state index in [1.807, 2.05) is 18.2 Å².